The summed E-state index contributed by atoms with van der Waals surface area (Å²) < 4.78 is 5.92. The van der Waals surface area contributed by atoms with Gasteiger partial charge >= 0.3 is 0 Å². The van der Waals surface area contributed by atoms with Gasteiger partial charge in [0.15, 0.2) is 0 Å². The molecule has 1 aromatic rings. The lowest BCUT2D eigenvalue weighted by Gasteiger charge is -2.26. The molecule has 1 heterocycles. The lowest BCUT2D eigenvalue weighted by Crippen LogP contribution is -2.21. The first-order valence-corrected chi connectivity index (χ1v) is 6.31. The molecule has 0 atom stereocenters. The van der Waals surface area contributed by atoms with Crippen molar-refractivity contribution < 1.29 is 4.74 Å². The minimum Gasteiger partial charge on any atom is -0.373 e. The van der Waals surface area contributed by atoms with E-state index in [1.807, 2.05) is 12.1 Å². The molecule has 0 unspecified atom stereocenters. The van der Waals surface area contributed by atoms with Crippen LogP contribution in [0.15, 0.2) is 18.3 Å². The lowest BCUT2D eigenvalue weighted by atomic mass is 9.89. The summed E-state index contributed by atoms with van der Waals surface area (Å²) in [5, 5.41) is 0. The van der Waals surface area contributed by atoms with Crippen molar-refractivity contribution in [2.45, 2.75) is 45.3 Å². The Bertz CT molecular complexity index is 348. The van der Waals surface area contributed by atoms with E-state index in [1.165, 1.54) is 25.7 Å². The van der Waals surface area contributed by atoms with Crippen molar-refractivity contribution in [2.75, 3.05) is 5.43 Å². The molecule has 0 bridgehead atoms. The van der Waals surface area contributed by atoms with E-state index in [1.54, 1.807) is 6.20 Å². The number of nitrogens with zero attached hydrogens (tertiary/aromatic N) is 1. The summed E-state index contributed by atoms with van der Waals surface area (Å²) in [4.78, 5) is 4.16. The number of hydrogen-bond acceptors (Lipinski definition) is 4. The molecule has 4 heteroatoms. The second kappa shape index (κ2) is 5.98. The van der Waals surface area contributed by atoms with E-state index in [0.717, 1.165) is 11.5 Å². The highest BCUT2D eigenvalue weighted by Gasteiger charge is 2.18. The Labute approximate surface area is 103 Å². The van der Waals surface area contributed by atoms with E-state index in [2.05, 4.69) is 17.3 Å². The van der Waals surface area contributed by atoms with Crippen molar-refractivity contribution >= 4 is 5.82 Å². The monoisotopic (exact) mass is 235 g/mol. The highest BCUT2D eigenvalue weighted by molar-refractivity contribution is 5.41. The van der Waals surface area contributed by atoms with Crippen LogP contribution < -0.4 is 11.3 Å². The largest absolute Gasteiger partial charge is 0.373 e. The van der Waals surface area contributed by atoms with Crippen molar-refractivity contribution in [3.63, 3.8) is 0 Å². The Balaban J connectivity index is 1.85. The Morgan fingerprint density at radius 2 is 2.18 bits per heavy atom. The molecule has 0 radical (unpaired) electrons. The fourth-order valence-corrected chi connectivity index (χ4v) is 2.29. The number of nitrogen functional groups attached to an aromatic ring is 1. The van der Waals surface area contributed by atoms with Crippen molar-refractivity contribution in [2.24, 2.45) is 11.8 Å². The Kier molecular flexibility index (Phi) is 4.34. The fraction of sp³-hybridized carbons (Fsp3) is 0.615. The van der Waals surface area contributed by atoms with Crippen molar-refractivity contribution in [3.8, 4) is 0 Å². The molecule has 94 valence electrons. The van der Waals surface area contributed by atoms with Crippen LogP contribution >= 0.6 is 0 Å². The number of hydrogen-bond donors (Lipinski definition) is 2. The van der Waals surface area contributed by atoms with Crippen molar-refractivity contribution in [1.82, 2.24) is 4.98 Å². The van der Waals surface area contributed by atoms with Crippen LogP contribution in [0.4, 0.5) is 5.82 Å². The van der Waals surface area contributed by atoms with Crippen LogP contribution in [0, 0.1) is 5.92 Å². The van der Waals surface area contributed by atoms with E-state index in [0.29, 0.717) is 18.5 Å². The third kappa shape index (κ3) is 3.41. The van der Waals surface area contributed by atoms with Gasteiger partial charge in [-0.2, -0.15) is 0 Å². The van der Waals surface area contributed by atoms with E-state index < -0.39 is 0 Å². The van der Waals surface area contributed by atoms with Crippen LogP contribution in [0.1, 0.15) is 38.2 Å². The molecule has 0 aromatic carbocycles. The Hall–Kier alpha value is -1.13. The lowest BCUT2D eigenvalue weighted by molar-refractivity contribution is 0.00891. The third-order valence-electron chi connectivity index (χ3n) is 3.47. The SMILES string of the molecule is CC1CCC(OCc2cccnc2NN)CC1. The molecule has 2 rings (SSSR count). The third-order valence-corrected chi connectivity index (χ3v) is 3.47. The molecule has 0 aliphatic heterocycles. The maximum atomic E-state index is 5.92. The quantitative estimate of drug-likeness (QED) is 0.621. The van der Waals surface area contributed by atoms with Crippen LogP contribution in [-0.2, 0) is 11.3 Å². The van der Waals surface area contributed by atoms with Gasteiger partial charge < -0.3 is 10.2 Å². The number of nitrogens with two attached hydrogens (primary N) is 1. The average molecular weight is 235 g/mol. The van der Waals surface area contributed by atoms with Gasteiger partial charge in [-0.25, -0.2) is 10.8 Å². The zero-order chi connectivity index (χ0) is 12.1. The number of ether oxygens (including phenoxy) is 1. The number of nitrogens with one attached hydrogen (secondary N) is 1. The van der Waals surface area contributed by atoms with Crippen molar-refractivity contribution in [1.29, 1.82) is 0 Å². The van der Waals surface area contributed by atoms with Gasteiger partial charge in [0.25, 0.3) is 0 Å². The molecular weight excluding hydrogens is 214 g/mol. The maximum Gasteiger partial charge on any atom is 0.145 e. The number of hydrazine groups is 1. The highest BCUT2D eigenvalue weighted by Crippen LogP contribution is 2.26. The summed E-state index contributed by atoms with van der Waals surface area (Å²) >= 11 is 0. The second-order valence-corrected chi connectivity index (χ2v) is 4.85. The van der Waals surface area contributed by atoms with Crippen LogP contribution in [-0.4, -0.2) is 11.1 Å². The molecule has 1 fully saturated rings. The number of rotatable bonds is 4. The molecule has 1 saturated carbocycles. The molecule has 0 amide bonds. The molecule has 4 nitrogen and oxygen atoms in total. The van der Waals surface area contributed by atoms with E-state index in [9.17, 15) is 0 Å². The van der Waals surface area contributed by atoms with Crippen LogP contribution in [0.3, 0.4) is 0 Å². The van der Waals surface area contributed by atoms with Gasteiger partial charge in [-0.15, -0.1) is 0 Å². The zero-order valence-electron chi connectivity index (χ0n) is 10.4. The topological polar surface area (TPSA) is 60.2 Å². The van der Waals surface area contributed by atoms with E-state index >= 15 is 0 Å². The van der Waals surface area contributed by atoms with E-state index in [-0.39, 0.29) is 0 Å². The molecule has 17 heavy (non-hydrogen) atoms. The summed E-state index contributed by atoms with van der Waals surface area (Å²) in [6, 6.07) is 3.90. The summed E-state index contributed by atoms with van der Waals surface area (Å²) in [7, 11) is 0. The minimum absolute atomic E-state index is 0.400. The highest BCUT2D eigenvalue weighted by atomic mass is 16.5. The van der Waals surface area contributed by atoms with Gasteiger partial charge in [0, 0.05) is 11.8 Å². The normalized spacial score (nSPS) is 24.6. The maximum absolute atomic E-state index is 5.92. The Morgan fingerprint density at radius 1 is 1.41 bits per heavy atom. The fourth-order valence-electron chi connectivity index (χ4n) is 2.29. The average Bonchev–Trinajstić information content (AvgIpc) is 2.38. The Morgan fingerprint density at radius 3 is 2.88 bits per heavy atom. The van der Waals surface area contributed by atoms with E-state index in [4.69, 9.17) is 10.6 Å². The first-order chi connectivity index (χ1) is 8.29. The molecule has 1 aliphatic carbocycles. The molecule has 3 N–H and O–H groups in total. The smallest absolute Gasteiger partial charge is 0.145 e. The van der Waals surface area contributed by atoms with Gasteiger partial charge in [-0.05, 0) is 37.7 Å². The van der Waals surface area contributed by atoms with Gasteiger partial charge in [-0.3, -0.25) is 0 Å². The second-order valence-electron chi connectivity index (χ2n) is 4.85. The summed E-state index contributed by atoms with van der Waals surface area (Å²) in [5.41, 5.74) is 3.62. The molecule has 1 aromatic heterocycles. The summed E-state index contributed by atoms with van der Waals surface area (Å²) in [6.07, 6.45) is 7.03. The molecule has 0 saturated heterocycles. The molecular formula is C13H21N3O. The van der Waals surface area contributed by atoms with Gasteiger partial charge in [0.2, 0.25) is 0 Å². The van der Waals surface area contributed by atoms with Crippen LogP contribution in [0.25, 0.3) is 0 Å². The molecule has 0 spiro atoms. The van der Waals surface area contributed by atoms with Crippen molar-refractivity contribution in [3.05, 3.63) is 23.9 Å². The summed E-state index contributed by atoms with van der Waals surface area (Å²) in [5.74, 6) is 6.97. The van der Waals surface area contributed by atoms with Crippen LogP contribution in [0.2, 0.25) is 0 Å². The first kappa shape index (κ1) is 12.3. The predicted octanol–water partition coefficient (Wildman–Crippen LogP) is 2.46. The predicted molar refractivity (Wildman–Crippen MR) is 68.3 cm³/mol. The number of aromatic nitrogens is 1. The number of anilines is 1. The van der Waals surface area contributed by atoms with Gasteiger partial charge in [0.05, 0.1) is 12.7 Å². The summed E-state index contributed by atoms with van der Waals surface area (Å²) in [6.45, 7) is 2.90. The van der Waals surface area contributed by atoms with Crippen LogP contribution in [0.5, 0.6) is 0 Å². The van der Waals surface area contributed by atoms with Gasteiger partial charge in [-0.1, -0.05) is 13.0 Å². The minimum atomic E-state index is 0.400. The number of pyridine rings is 1. The first-order valence-electron chi connectivity index (χ1n) is 6.31. The standard InChI is InChI=1S/C13H21N3O/c1-10-4-6-12(7-5-10)17-9-11-3-2-8-15-13(11)16-14/h2-3,8,10,12H,4-7,9,14H2,1H3,(H,15,16). The van der Waals surface area contributed by atoms with Gasteiger partial charge in [0.1, 0.15) is 5.82 Å². The zero-order valence-corrected chi connectivity index (χ0v) is 10.4. The molecule has 1 aliphatic rings.